The van der Waals surface area contributed by atoms with E-state index < -0.39 is 6.04 Å². The number of ether oxygens (including phenoxy) is 1. The highest BCUT2D eigenvalue weighted by Gasteiger charge is 2.32. The molecule has 4 aromatic rings. The standard InChI is InChI=1S/C34H34N4O4/c1-37-18-5-19-38(21-20-37)25-14-10-23(11-15-25)34(41)36-31-30(35-33(40)24-12-16-26(42-2)17-13-24)27-8-3-6-22-7-4-9-28(29(22)27)32(31)39/h3-4,6-17,30,39H,5,18-21H2,1-2H3,(H,35,40)(H,36,41). The van der Waals surface area contributed by atoms with Gasteiger partial charge in [0.15, 0.2) is 0 Å². The van der Waals surface area contributed by atoms with E-state index in [4.69, 9.17) is 4.74 Å². The van der Waals surface area contributed by atoms with E-state index in [-0.39, 0.29) is 23.3 Å². The third-order valence-electron chi connectivity index (χ3n) is 8.14. The number of methoxy groups -OCH3 is 1. The molecule has 8 heteroatoms. The topological polar surface area (TPSA) is 94.1 Å². The molecule has 1 saturated heterocycles. The Morgan fingerprint density at radius 3 is 2.26 bits per heavy atom. The lowest BCUT2D eigenvalue weighted by Gasteiger charge is -2.30. The number of amides is 2. The molecule has 0 spiro atoms. The van der Waals surface area contributed by atoms with Crippen molar-refractivity contribution < 1.29 is 19.4 Å². The monoisotopic (exact) mass is 562 g/mol. The van der Waals surface area contributed by atoms with Gasteiger partial charge in [0.25, 0.3) is 11.8 Å². The van der Waals surface area contributed by atoms with Crippen molar-refractivity contribution in [2.75, 3.05) is 45.2 Å². The van der Waals surface area contributed by atoms with Crippen LogP contribution >= 0.6 is 0 Å². The second-order valence-corrected chi connectivity index (χ2v) is 10.8. The first-order chi connectivity index (χ1) is 20.4. The van der Waals surface area contributed by atoms with Gasteiger partial charge >= 0.3 is 0 Å². The molecule has 0 aromatic heterocycles. The summed E-state index contributed by atoms with van der Waals surface area (Å²) in [6, 6.07) is 25.0. The van der Waals surface area contributed by atoms with Crippen molar-refractivity contribution in [2.45, 2.75) is 12.5 Å². The summed E-state index contributed by atoms with van der Waals surface area (Å²) < 4.78 is 5.22. The molecule has 0 radical (unpaired) electrons. The molecule has 8 nitrogen and oxygen atoms in total. The van der Waals surface area contributed by atoms with Crippen LogP contribution in [0.4, 0.5) is 5.69 Å². The van der Waals surface area contributed by atoms with Crippen LogP contribution in [0.1, 0.15) is 44.3 Å². The number of carbonyl (C=O) groups excluding carboxylic acids is 2. The first kappa shape index (κ1) is 27.4. The van der Waals surface area contributed by atoms with E-state index in [1.807, 2.05) is 48.5 Å². The summed E-state index contributed by atoms with van der Waals surface area (Å²) in [6.07, 6.45) is 1.09. The fourth-order valence-corrected chi connectivity index (χ4v) is 5.81. The van der Waals surface area contributed by atoms with E-state index in [0.717, 1.165) is 54.6 Å². The number of aliphatic hydroxyl groups excluding tert-OH is 1. The fraction of sp³-hybridized carbons (Fsp3) is 0.235. The van der Waals surface area contributed by atoms with E-state index >= 15 is 0 Å². The predicted octanol–water partition coefficient (Wildman–Crippen LogP) is 5.13. The minimum absolute atomic E-state index is 0.0713. The van der Waals surface area contributed by atoms with E-state index in [1.165, 1.54) is 0 Å². The molecule has 1 aliphatic carbocycles. The number of aliphatic hydroxyl groups is 1. The third kappa shape index (κ3) is 5.29. The second kappa shape index (κ2) is 11.6. The number of nitrogens with one attached hydrogen (secondary N) is 2. The molecule has 1 fully saturated rings. The molecule has 1 unspecified atom stereocenters. The Labute approximate surface area is 245 Å². The highest BCUT2D eigenvalue weighted by Crippen LogP contribution is 2.40. The van der Waals surface area contributed by atoms with Crippen LogP contribution in [0, 0.1) is 0 Å². The van der Waals surface area contributed by atoms with Crippen LogP contribution in [0.5, 0.6) is 5.75 Å². The molecule has 0 saturated carbocycles. The van der Waals surface area contributed by atoms with Crippen LogP contribution in [0.3, 0.4) is 0 Å². The molecule has 1 atom stereocenters. The summed E-state index contributed by atoms with van der Waals surface area (Å²) in [5.41, 5.74) is 3.60. The summed E-state index contributed by atoms with van der Waals surface area (Å²) in [6.45, 7) is 3.97. The lowest BCUT2D eigenvalue weighted by atomic mass is 9.86. The number of hydrogen-bond acceptors (Lipinski definition) is 6. The van der Waals surface area contributed by atoms with Crippen LogP contribution in [0.2, 0.25) is 0 Å². The largest absolute Gasteiger partial charge is 0.505 e. The minimum Gasteiger partial charge on any atom is -0.505 e. The minimum atomic E-state index is -0.782. The van der Waals surface area contributed by atoms with Gasteiger partial charge in [0.1, 0.15) is 11.5 Å². The van der Waals surface area contributed by atoms with Crippen molar-refractivity contribution in [1.82, 2.24) is 15.5 Å². The first-order valence-electron chi connectivity index (χ1n) is 14.2. The smallest absolute Gasteiger partial charge is 0.255 e. The van der Waals surface area contributed by atoms with Gasteiger partial charge < -0.3 is 30.3 Å². The third-order valence-corrected chi connectivity index (χ3v) is 8.14. The number of benzene rings is 4. The van der Waals surface area contributed by atoms with Crippen LogP contribution in [-0.4, -0.2) is 62.2 Å². The molecule has 3 N–H and O–H groups in total. The Balaban J connectivity index is 1.30. The van der Waals surface area contributed by atoms with E-state index in [9.17, 15) is 14.7 Å². The molecule has 4 aromatic carbocycles. The molecule has 2 amide bonds. The summed E-state index contributed by atoms with van der Waals surface area (Å²) in [7, 11) is 3.71. The zero-order valence-electron chi connectivity index (χ0n) is 23.8. The average Bonchev–Trinajstić information content (AvgIpc) is 3.25. The van der Waals surface area contributed by atoms with Gasteiger partial charge in [-0.05, 0) is 84.9 Å². The molecule has 1 aliphatic heterocycles. The Morgan fingerprint density at radius 2 is 1.52 bits per heavy atom. The Kier molecular flexibility index (Phi) is 7.54. The number of hydrogen-bond donors (Lipinski definition) is 3. The molecule has 42 heavy (non-hydrogen) atoms. The Hall–Kier alpha value is -4.82. The highest BCUT2D eigenvalue weighted by molar-refractivity contribution is 6.03. The normalized spacial score (nSPS) is 17.1. The number of anilines is 1. The van der Waals surface area contributed by atoms with Crippen molar-refractivity contribution in [3.05, 3.63) is 113 Å². The molecule has 6 rings (SSSR count). The van der Waals surface area contributed by atoms with Crippen LogP contribution < -0.4 is 20.3 Å². The molecular weight excluding hydrogens is 528 g/mol. The van der Waals surface area contributed by atoms with Crippen molar-refractivity contribution >= 4 is 34.0 Å². The van der Waals surface area contributed by atoms with E-state index in [2.05, 4.69) is 27.5 Å². The lowest BCUT2D eigenvalue weighted by Crippen LogP contribution is -2.38. The van der Waals surface area contributed by atoms with Gasteiger partial charge in [0.2, 0.25) is 0 Å². The highest BCUT2D eigenvalue weighted by atomic mass is 16.5. The second-order valence-electron chi connectivity index (χ2n) is 10.8. The van der Waals surface area contributed by atoms with E-state index in [1.54, 1.807) is 43.5 Å². The zero-order valence-corrected chi connectivity index (χ0v) is 23.8. The van der Waals surface area contributed by atoms with E-state index in [0.29, 0.717) is 22.4 Å². The van der Waals surface area contributed by atoms with Gasteiger partial charge in [-0.3, -0.25) is 9.59 Å². The van der Waals surface area contributed by atoms with Gasteiger partial charge in [-0.1, -0.05) is 36.4 Å². The quantitative estimate of drug-likeness (QED) is 0.302. The summed E-state index contributed by atoms with van der Waals surface area (Å²) in [4.78, 5) is 31.6. The number of nitrogens with zero attached hydrogens (tertiary/aromatic N) is 2. The summed E-state index contributed by atoms with van der Waals surface area (Å²) >= 11 is 0. The van der Waals surface area contributed by atoms with Crippen molar-refractivity contribution in [3.63, 3.8) is 0 Å². The first-order valence-corrected chi connectivity index (χ1v) is 14.2. The van der Waals surface area contributed by atoms with Crippen molar-refractivity contribution in [3.8, 4) is 5.75 Å². The van der Waals surface area contributed by atoms with Crippen molar-refractivity contribution in [2.24, 2.45) is 0 Å². The fourth-order valence-electron chi connectivity index (χ4n) is 5.81. The van der Waals surface area contributed by atoms with Gasteiger partial charge in [0, 0.05) is 42.0 Å². The average molecular weight is 563 g/mol. The Morgan fingerprint density at radius 1 is 0.833 bits per heavy atom. The van der Waals surface area contributed by atoms with Crippen LogP contribution in [0.25, 0.3) is 16.5 Å². The molecule has 214 valence electrons. The maximum absolute atomic E-state index is 13.6. The Bertz CT molecular complexity index is 1660. The predicted molar refractivity (Wildman–Crippen MR) is 165 cm³/mol. The number of carbonyl (C=O) groups is 2. The summed E-state index contributed by atoms with van der Waals surface area (Å²) in [5, 5.41) is 19.3. The van der Waals surface area contributed by atoms with Gasteiger partial charge in [0.05, 0.1) is 18.8 Å². The van der Waals surface area contributed by atoms with Crippen LogP contribution in [-0.2, 0) is 0 Å². The maximum atomic E-state index is 13.6. The van der Waals surface area contributed by atoms with Gasteiger partial charge in [-0.25, -0.2) is 0 Å². The van der Waals surface area contributed by atoms with Crippen LogP contribution in [0.15, 0.2) is 90.6 Å². The molecular formula is C34H34N4O4. The lowest BCUT2D eigenvalue weighted by molar-refractivity contribution is 0.0922. The number of rotatable bonds is 6. The zero-order chi connectivity index (χ0) is 29.2. The number of likely N-dealkylation sites (N-methyl/N-ethyl adjacent to an activating group) is 1. The van der Waals surface area contributed by atoms with Gasteiger partial charge in [-0.2, -0.15) is 0 Å². The SMILES string of the molecule is COc1ccc(C(=O)NC2C(NC(=O)c3ccc(N4CCCN(C)CC4)cc3)=C(O)c3cccc4cccc2c34)cc1. The maximum Gasteiger partial charge on any atom is 0.255 e. The summed E-state index contributed by atoms with van der Waals surface area (Å²) in [5.74, 6) is -0.138. The molecule has 2 aliphatic rings. The molecule has 0 bridgehead atoms. The van der Waals surface area contributed by atoms with Crippen molar-refractivity contribution in [1.29, 1.82) is 0 Å². The van der Waals surface area contributed by atoms with Gasteiger partial charge in [-0.15, -0.1) is 0 Å². The molecule has 1 heterocycles.